The molecule has 2 saturated heterocycles. The summed E-state index contributed by atoms with van der Waals surface area (Å²) in [7, 11) is 0. The maximum absolute atomic E-state index is 13.2. The minimum Gasteiger partial charge on any atom is -0.466 e. The first kappa shape index (κ1) is 20.3. The Bertz CT molecular complexity index is 634. The van der Waals surface area contributed by atoms with Gasteiger partial charge in [-0.05, 0) is 49.9 Å². The number of likely N-dealkylation sites (tertiary alicyclic amines) is 2. The van der Waals surface area contributed by atoms with Crippen molar-refractivity contribution >= 4 is 5.97 Å². The Hall–Kier alpha value is -1.46. The number of hydrogen-bond acceptors (Lipinski definition) is 4. The maximum atomic E-state index is 13.2. The van der Waals surface area contributed by atoms with Gasteiger partial charge in [-0.3, -0.25) is 9.69 Å². The molecular weight excluding hydrogens is 343 g/mol. The van der Waals surface area contributed by atoms with Gasteiger partial charge in [-0.25, -0.2) is 4.39 Å². The zero-order chi connectivity index (χ0) is 19.4. The largest absolute Gasteiger partial charge is 0.466 e. The lowest BCUT2D eigenvalue weighted by Gasteiger charge is -2.31. The molecule has 5 heteroatoms. The fourth-order valence-corrected chi connectivity index (χ4v) is 4.87. The first-order chi connectivity index (χ1) is 12.9. The van der Waals surface area contributed by atoms with E-state index in [1.165, 1.54) is 12.1 Å². The molecule has 3 rings (SSSR count). The molecular formula is C22H33FN2O2. The molecule has 0 aliphatic carbocycles. The van der Waals surface area contributed by atoms with Crippen molar-refractivity contribution in [2.45, 2.75) is 40.2 Å². The highest BCUT2D eigenvalue weighted by Crippen LogP contribution is 2.44. The van der Waals surface area contributed by atoms with Gasteiger partial charge in [-0.15, -0.1) is 0 Å². The average molecular weight is 377 g/mol. The molecule has 0 aromatic heterocycles. The van der Waals surface area contributed by atoms with Crippen molar-refractivity contribution in [2.75, 3.05) is 39.3 Å². The lowest BCUT2D eigenvalue weighted by molar-refractivity contribution is -0.157. The van der Waals surface area contributed by atoms with E-state index in [2.05, 4.69) is 23.6 Å². The Labute approximate surface area is 162 Å². The number of carbonyl (C=O) groups excluding carboxylic acids is 1. The molecule has 0 N–H and O–H groups in total. The number of esters is 1. The van der Waals surface area contributed by atoms with Gasteiger partial charge in [0.1, 0.15) is 5.82 Å². The molecule has 0 spiro atoms. The lowest BCUT2D eigenvalue weighted by Crippen LogP contribution is -2.42. The molecule has 2 atom stereocenters. The van der Waals surface area contributed by atoms with Crippen molar-refractivity contribution < 1.29 is 13.9 Å². The van der Waals surface area contributed by atoms with E-state index in [1.54, 1.807) is 0 Å². The van der Waals surface area contributed by atoms with E-state index in [4.69, 9.17) is 4.74 Å². The van der Waals surface area contributed by atoms with Crippen LogP contribution in [0.1, 0.15) is 39.2 Å². The molecule has 2 fully saturated rings. The van der Waals surface area contributed by atoms with Crippen molar-refractivity contribution in [2.24, 2.45) is 17.3 Å². The van der Waals surface area contributed by atoms with E-state index in [-0.39, 0.29) is 17.2 Å². The van der Waals surface area contributed by atoms with Crippen molar-refractivity contribution in [1.82, 2.24) is 9.80 Å². The third-order valence-electron chi connectivity index (χ3n) is 5.97. The number of hydrogen-bond donors (Lipinski definition) is 0. The van der Waals surface area contributed by atoms with Crippen LogP contribution in [-0.4, -0.2) is 55.1 Å². The molecule has 2 aliphatic heterocycles. The third kappa shape index (κ3) is 4.69. The van der Waals surface area contributed by atoms with Gasteiger partial charge >= 0.3 is 5.97 Å². The van der Waals surface area contributed by atoms with E-state index in [0.717, 1.165) is 57.7 Å². The molecule has 0 bridgehead atoms. The van der Waals surface area contributed by atoms with Gasteiger partial charge < -0.3 is 9.64 Å². The van der Waals surface area contributed by atoms with E-state index in [1.807, 2.05) is 19.1 Å². The smallest absolute Gasteiger partial charge is 0.313 e. The fourth-order valence-electron chi connectivity index (χ4n) is 4.87. The summed E-state index contributed by atoms with van der Waals surface area (Å²) in [6.45, 7) is 12.3. The maximum Gasteiger partial charge on any atom is 0.313 e. The second-order valence-electron chi connectivity index (χ2n) is 8.63. The van der Waals surface area contributed by atoms with Crippen LogP contribution >= 0.6 is 0 Å². The van der Waals surface area contributed by atoms with E-state index < -0.39 is 0 Å². The monoisotopic (exact) mass is 376 g/mol. The predicted molar refractivity (Wildman–Crippen MR) is 105 cm³/mol. The summed E-state index contributed by atoms with van der Waals surface area (Å²) in [5.41, 5.74) is 0.750. The van der Waals surface area contributed by atoms with Crippen LogP contribution in [0.2, 0.25) is 0 Å². The second-order valence-corrected chi connectivity index (χ2v) is 8.63. The highest BCUT2D eigenvalue weighted by molar-refractivity contribution is 5.78. The number of ether oxygens (including phenoxy) is 1. The zero-order valence-electron chi connectivity index (χ0n) is 16.9. The van der Waals surface area contributed by atoms with Gasteiger partial charge in [-0.2, -0.15) is 0 Å². The standard InChI is InChI=1S/C22H33FN2O2/c1-4-27-21(26)22-10-5-11-24(13-18-6-8-20(23)9-7-18)14-19(22)15-25(16-22)12-17(2)3/h6-9,17,19H,4-5,10-16H2,1-3H3/t19-,22-/m0/s1. The summed E-state index contributed by atoms with van der Waals surface area (Å²) in [6, 6.07) is 6.77. The summed E-state index contributed by atoms with van der Waals surface area (Å²) in [6.07, 6.45) is 1.89. The summed E-state index contributed by atoms with van der Waals surface area (Å²) < 4.78 is 18.7. The van der Waals surface area contributed by atoms with Gasteiger partial charge in [0.05, 0.1) is 12.0 Å². The SMILES string of the molecule is CCOC(=O)[C@]12CCCN(Cc3ccc(F)cc3)C[C@H]1CN(CC(C)C)C2. The minimum atomic E-state index is -0.373. The Morgan fingerprint density at radius 1 is 1.26 bits per heavy atom. The molecule has 0 amide bonds. The zero-order valence-corrected chi connectivity index (χ0v) is 16.9. The van der Waals surface area contributed by atoms with E-state index >= 15 is 0 Å². The normalized spacial score (nSPS) is 26.8. The molecule has 27 heavy (non-hydrogen) atoms. The molecule has 150 valence electrons. The van der Waals surface area contributed by atoms with Crippen LogP contribution in [0.15, 0.2) is 24.3 Å². The Morgan fingerprint density at radius 2 is 1.96 bits per heavy atom. The van der Waals surface area contributed by atoms with Crippen LogP contribution in [0.3, 0.4) is 0 Å². The topological polar surface area (TPSA) is 32.8 Å². The van der Waals surface area contributed by atoms with E-state index in [9.17, 15) is 9.18 Å². The molecule has 4 nitrogen and oxygen atoms in total. The highest BCUT2D eigenvalue weighted by Gasteiger charge is 2.53. The summed E-state index contributed by atoms with van der Waals surface area (Å²) >= 11 is 0. The quantitative estimate of drug-likeness (QED) is 0.711. The summed E-state index contributed by atoms with van der Waals surface area (Å²) in [4.78, 5) is 17.9. The van der Waals surface area contributed by atoms with Crippen molar-refractivity contribution in [1.29, 1.82) is 0 Å². The van der Waals surface area contributed by atoms with Crippen LogP contribution in [0.25, 0.3) is 0 Å². The number of carbonyl (C=O) groups is 1. The Morgan fingerprint density at radius 3 is 2.63 bits per heavy atom. The highest BCUT2D eigenvalue weighted by atomic mass is 19.1. The van der Waals surface area contributed by atoms with Gasteiger partial charge in [0.2, 0.25) is 0 Å². The molecule has 1 aromatic carbocycles. The number of benzene rings is 1. The van der Waals surface area contributed by atoms with Crippen molar-refractivity contribution in [3.8, 4) is 0 Å². The molecule has 0 saturated carbocycles. The second kappa shape index (κ2) is 8.70. The third-order valence-corrected chi connectivity index (χ3v) is 5.97. The lowest BCUT2D eigenvalue weighted by atomic mass is 9.75. The number of fused-ring (bicyclic) bond motifs is 1. The van der Waals surface area contributed by atoms with Crippen LogP contribution in [0.5, 0.6) is 0 Å². The summed E-state index contributed by atoms with van der Waals surface area (Å²) in [5.74, 6) is 0.668. The molecule has 0 radical (unpaired) electrons. The van der Waals surface area contributed by atoms with Crippen LogP contribution < -0.4 is 0 Å². The van der Waals surface area contributed by atoms with Gasteiger partial charge in [0.25, 0.3) is 0 Å². The average Bonchev–Trinajstić information content (AvgIpc) is 2.85. The number of halogens is 1. The minimum absolute atomic E-state index is 0.00936. The summed E-state index contributed by atoms with van der Waals surface area (Å²) in [5, 5.41) is 0. The Balaban J connectivity index is 1.76. The van der Waals surface area contributed by atoms with Crippen molar-refractivity contribution in [3.63, 3.8) is 0 Å². The van der Waals surface area contributed by atoms with Gasteiger partial charge in [0.15, 0.2) is 0 Å². The van der Waals surface area contributed by atoms with Crippen LogP contribution in [-0.2, 0) is 16.1 Å². The first-order valence-corrected chi connectivity index (χ1v) is 10.3. The van der Waals surface area contributed by atoms with Gasteiger partial charge in [0, 0.05) is 38.6 Å². The fraction of sp³-hybridized carbons (Fsp3) is 0.682. The molecule has 2 aliphatic rings. The molecule has 1 aromatic rings. The van der Waals surface area contributed by atoms with Crippen LogP contribution in [0.4, 0.5) is 4.39 Å². The first-order valence-electron chi connectivity index (χ1n) is 10.3. The Kier molecular flexibility index (Phi) is 6.53. The van der Waals surface area contributed by atoms with Gasteiger partial charge in [-0.1, -0.05) is 26.0 Å². The number of rotatable bonds is 6. The van der Waals surface area contributed by atoms with E-state index in [0.29, 0.717) is 18.4 Å². The molecule has 2 heterocycles. The number of nitrogens with zero attached hydrogens (tertiary/aromatic N) is 2. The molecule has 0 unspecified atom stereocenters. The van der Waals surface area contributed by atoms with Crippen LogP contribution in [0, 0.1) is 23.1 Å². The predicted octanol–water partition coefficient (Wildman–Crippen LogP) is 3.56. The van der Waals surface area contributed by atoms with Crippen molar-refractivity contribution in [3.05, 3.63) is 35.6 Å².